The summed E-state index contributed by atoms with van der Waals surface area (Å²) in [5.41, 5.74) is 1.70. The number of aromatic nitrogens is 1. The number of anilines is 1. The number of rotatable bonds is 0. The molecule has 3 heteroatoms. The molecule has 70 valence electrons. The molecule has 0 saturated heterocycles. The highest BCUT2D eigenvalue weighted by molar-refractivity contribution is 5.57. The van der Waals surface area contributed by atoms with Gasteiger partial charge in [0.2, 0.25) is 5.88 Å². The first-order valence-corrected chi connectivity index (χ1v) is 4.30. The van der Waals surface area contributed by atoms with Crippen molar-refractivity contribution in [1.29, 1.82) is 0 Å². The van der Waals surface area contributed by atoms with E-state index in [1.165, 1.54) is 0 Å². The predicted octanol–water partition coefficient (Wildman–Crippen LogP) is 1.61. The Morgan fingerprint density at radius 3 is 3.31 bits per heavy atom. The number of fused-ring (bicyclic) bond motifs is 1. The van der Waals surface area contributed by atoms with Crippen LogP contribution in [0.3, 0.4) is 0 Å². The van der Waals surface area contributed by atoms with Crippen molar-refractivity contribution >= 4 is 5.69 Å². The molecule has 0 fully saturated rings. The van der Waals surface area contributed by atoms with E-state index in [0.29, 0.717) is 11.6 Å². The van der Waals surface area contributed by atoms with Crippen LogP contribution in [0.25, 0.3) is 0 Å². The molecular formula is C10H14N2O. The van der Waals surface area contributed by atoms with Crippen LogP contribution in [-0.4, -0.2) is 24.6 Å². The molecule has 2 heterocycles. The van der Waals surface area contributed by atoms with E-state index in [2.05, 4.69) is 4.98 Å². The maximum atomic E-state index is 7.88. The molecule has 1 aromatic heterocycles. The maximum absolute atomic E-state index is 7.88. The first-order valence-electron chi connectivity index (χ1n) is 5.30. The highest BCUT2D eigenvalue weighted by Crippen LogP contribution is 2.30. The third-order valence-corrected chi connectivity index (χ3v) is 1.99. The normalized spacial score (nSPS) is 27.0. The molecule has 0 saturated carbocycles. The highest BCUT2D eigenvalue weighted by atomic mass is 16.5. The van der Waals surface area contributed by atoms with Crippen LogP contribution in [0, 0.1) is 6.92 Å². The van der Waals surface area contributed by atoms with Crippen molar-refractivity contribution < 1.29 is 7.48 Å². The summed E-state index contributed by atoms with van der Waals surface area (Å²) in [4.78, 5) is 5.73. The minimum absolute atomic E-state index is 0.505. The van der Waals surface area contributed by atoms with Crippen LogP contribution >= 0.6 is 0 Å². The first kappa shape index (κ1) is 6.24. The second kappa shape index (κ2) is 2.91. The third kappa shape index (κ3) is 1.46. The minimum atomic E-state index is -1.50. The topological polar surface area (TPSA) is 25.4 Å². The molecule has 0 bridgehead atoms. The average molecular weight is 180 g/mol. The monoisotopic (exact) mass is 180 g/mol. The molecule has 0 aliphatic carbocycles. The summed E-state index contributed by atoms with van der Waals surface area (Å²) in [6.07, 6.45) is 1.20. The van der Waals surface area contributed by atoms with Crippen LogP contribution in [0.5, 0.6) is 5.88 Å². The van der Waals surface area contributed by atoms with E-state index in [9.17, 15) is 0 Å². The zero-order valence-corrected chi connectivity index (χ0v) is 8.03. The van der Waals surface area contributed by atoms with Crippen molar-refractivity contribution in [3.8, 4) is 5.88 Å². The van der Waals surface area contributed by atoms with E-state index in [1.54, 1.807) is 25.1 Å². The van der Waals surface area contributed by atoms with Crippen LogP contribution < -0.4 is 9.64 Å². The Morgan fingerprint density at radius 2 is 2.54 bits per heavy atom. The number of likely N-dealkylation sites (N-methyl/N-ethyl adjacent to an activating group) is 1. The van der Waals surface area contributed by atoms with Crippen LogP contribution in [0.4, 0.5) is 5.69 Å². The van der Waals surface area contributed by atoms with Gasteiger partial charge in [0.25, 0.3) is 0 Å². The highest BCUT2D eigenvalue weighted by Gasteiger charge is 2.20. The van der Waals surface area contributed by atoms with E-state index >= 15 is 0 Å². The molecule has 1 aliphatic rings. The Kier molecular flexibility index (Phi) is 1.40. The van der Waals surface area contributed by atoms with Crippen molar-refractivity contribution in [2.24, 2.45) is 0 Å². The Hall–Kier alpha value is -1.25. The molecule has 1 aromatic rings. The number of pyridine rings is 1. The van der Waals surface area contributed by atoms with Crippen molar-refractivity contribution in [3.05, 3.63) is 17.8 Å². The van der Waals surface area contributed by atoms with Gasteiger partial charge in [-0.15, -0.1) is 0 Å². The second-order valence-corrected chi connectivity index (χ2v) is 3.29. The molecule has 1 aliphatic heterocycles. The average Bonchev–Trinajstić information content (AvgIpc) is 2.17. The van der Waals surface area contributed by atoms with Gasteiger partial charge >= 0.3 is 0 Å². The Balaban J connectivity index is 2.52. The largest absolute Gasteiger partial charge is 0.471 e. The summed E-state index contributed by atoms with van der Waals surface area (Å²) in [6, 6.07) is 1.88. The zero-order valence-electron chi connectivity index (χ0n) is 10.0. The van der Waals surface area contributed by atoms with Gasteiger partial charge in [-0.1, -0.05) is 0 Å². The van der Waals surface area contributed by atoms with Crippen molar-refractivity contribution in [1.82, 2.24) is 4.98 Å². The third-order valence-electron chi connectivity index (χ3n) is 1.99. The molecule has 3 nitrogen and oxygen atoms in total. The van der Waals surface area contributed by atoms with Crippen LogP contribution in [-0.2, 0) is 0 Å². The molecule has 1 atom stereocenters. The number of aryl methyl sites for hydroxylation is 1. The van der Waals surface area contributed by atoms with Gasteiger partial charge in [0, 0.05) is 13.2 Å². The van der Waals surface area contributed by atoms with E-state index in [4.69, 9.17) is 7.48 Å². The summed E-state index contributed by atoms with van der Waals surface area (Å²) in [7, 11) is 1.72. The van der Waals surface area contributed by atoms with E-state index < -0.39 is 12.6 Å². The Morgan fingerprint density at radius 1 is 1.77 bits per heavy atom. The predicted molar refractivity (Wildman–Crippen MR) is 52.3 cm³/mol. The molecule has 0 radical (unpaired) electrons. The molecule has 0 N–H and O–H groups in total. The minimum Gasteiger partial charge on any atom is -0.471 e. The van der Waals surface area contributed by atoms with Gasteiger partial charge in [-0.05, 0) is 25.5 Å². The smallest absolute Gasteiger partial charge is 0.237 e. The lowest BCUT2D eigenvalue weighted by molar-refractivity contribution is 0.206. The van der Waals surface area contributed by atoms with Crippen LogP contribution in [0.1, 0.15) is 15.2 Å². The summed E-state index contributed by atoms with van der Waals surface area (Å²) in [5, 5.41) is 0. The SMILES string of the molecule is [2H]C1([2H])C(C)Oc2ncc(C)cc2N1C. The van der Waals surface area contributed by atoms with Crippen LogP contribution in [0.15, 0.2) is 12.3 Å². The van der Waals surface area contributed by atoms with E-state index in [0.717, 1.165) is 5.56 Å². The maximum Gasteiger partial charge on any atom is 0.237 e. The lowest BCUT2D eigenvalue weighted by atomic mass is 10.2. The lowest BCUT2D eigenvalue weighted by Gasteiger charge is -2.31. The number of hydrogen-bond acceptors (Lipinski definition) is 3. The quantitative estimate of drug-likeness (QED) is 0.606. The van der Waals surface area contributed by atoms with Gasteiger partial charge in [-0.25, -0.2) is 4.98 Å². The summed E-state index contributed by atoms with van der Waals surface area (Å²) in [6.45, 7) is 2.14. The molecular weight excluding hydrogens is 164 g/mol. The molecule has 13 heavy (non-hydrogen) atoms. The number of hydrogen-bond donors (Lipinski definition) is 0. The molecule has 2 rings (SSSR count). The van der Waals surface area contributed by atoms with Gasteiger partial charge in [0.05, 0.1) is 9.24 Å². The molecule has 0 aromatic carbocycles. The Labute approximate surface area is 81.2 Å². The van der Waals surface area contributed by atoms with Gasteiger partial charge in [-0.3, -0.25) is 0 Å². The van der Waals surface area contributed by atoms with Crippen molar-refractivity contribution in [2.45, 2.75) is 20.0 Å². The number of nitrogens with zero attached hydrogens (tertiary/aromatic N) is 2. The second-order valence-electron chi connectivity index (χ2n) is 3.29. The standard InChI is InChI=1S/C10H14N2O/c1-7-4-9-10(11-5-7)13-8(2)6-12(9)3/h4-5,8H,6H2,1-3H3/i6D2. The zero-order chi connectivity index (χ0) is 11.2. The lowest BCUT2D eigenvalue weighted by Crippen LogP contribution is -2.36. The fourth-order valence-corrected chi connectivity index (χ4v) is 1.41. The summed E-state index contributed by atoms with van der Waals surface area (Å²) >= 11 is 0. The number of ether oxygens (including phenoxy) is 1. The summed E-state index contributed by atoms with van der Waals surface area (Å²) < 4.78 is 21.2. The molecule has 0 amide bonds. The van der Waals surface area contributed by atoms with E-state index in [1.807, 2.05) is 13.0 Å². The van der Waals surface area contributed by atoms with Gasteiger partial charge in [0.15, 0.2) is 0 Å². The molecule has 0 spiro atoms. The Bertz CT molecular complexity index is 395. The van der Waals surface area contributed by atoms with Gasteiger partial charge in [0.1, 0.15) is 11.8 Å². The van der Waals surface area contributed by atoms with Crippen molar-refractivity contribution in [2.75, 3.05) is 18.4 Å². The van der Waals surface area contributed by atoms with Gasteiger partial charge < -0.3 is 9.64 Å². The molecule has 1 unspecified atom stereocenters. The first-order chi connectivity index (χ1) is 6.93. The van der Waals surface area contributed by atoms with Gasteiger partial charge in [-0.2, -0.15) is 0 Å². The fourth-order valence-electron chi connectivity index (χ4n) is 1.41. The van der Waals surface area contributed by atoms with Crippen LogP contribution in [0.2, 0.25) is 0 Å². The fraction of sp³-hybridized carbons (Fsp3) is 0.500. The van der Waals surface area contributed by atoms with Crippen molar-refractivity contribution in [3.63, 3.8) is 0 Å². The summed E-state index contributed by atoms with van der Waals surface area (Å²) in [5.74, 6) is 0.505. The van der Waals surface area contributed by atoms with E-state index in [-0.39, 0.29) is 0 Å².